The summed E-state index contributed by atoms with van der Waals surface area (Å²) in [6.07, 6.45) is 0. The molecule has 0 unspecified atom stereocenters. The van der Waals surface area contributed by atoms with Crippen LogP contribution in [0.15, 0.2) is 48.5 Å². The fraction of sp³-hybridized carbons (Fsp3) is 0.333. The van der Waals surface area contributed by atoms with Crippen LogP contribution in [0.1, 0.15) is 5.82 Å². The molecule has 0 aliphatic carbocycles. The van der Waals surface area contributed by atoms with Crippen molar-refractivity contribution >= 4 is 22.4 Å². The van der Waals surface area contributed by atoms with Crippen LogP contribution >= 0.6 is 0 Å². The highest BCUT2D eigenvalue weighted by molar-refractivity contribution is 5.89. The van der Waals surface area contributed by atoms with Crippen molar-refractivity contribution in [3.8, 4) is 0 Å². The van der Waals surface area contributed by atoms with Crippen LogP contribution in [0.25, 0.3) is 10.9 Å². The second-order valence-electron chi connectivity index (χ2n) is 7.17. The van der Waals surface area contributed by atoms with Gasteiger partial charge in [-0.3, -0.25) is 0 Å². The Morgan fingerprint density at radius 3 is 2.26 bits per heavy atom. The molecule has 1 aliphatic rings. The van der Waals surface area contributed by atoms with E-state index < -0.39 is 0 Å². The van der Waals surface area contributed by atoms with Crippen molar-refractivity contribution in [1.29, 1.82) is 0 Å². The van der Waals surface area contributed by atoms with Gasteiger partial charge in [-0.2, -0.15) is 0 Å². The number of hydrogen-bond acceptors (Lipinski definition) is 5. The minimum Gasteiger partial charge on any atom is -0.368 e. The molecule has 27 heavy (non-hydrogen) atoms. The van der Waals surface area contributed by atoms with Crippen LogP contribution in [0.5, 0.6) is 0 Å². The van der Waals surface area contributed by atoms with E-state index in [0.29, 0.717) is 6.54 Å². The lowest BCUT2D eigenvalue weighted by Gasteiger charge is -2.37. The van der Waals surface area contributed by atoms with Crippen LogP contribution in [0.4, 0.5) is 15.9 Å². The van der Waals surface area contributed by atoms with E-state index in [1.807, 2.05) is 38.4 Å². The van der Waals surface area contributed by atoms with Crippen molar-refractivity contribution < 1.29 is 4.39 Å². The number of aromatic nitrogens is 2. The highest BCUT2D eigenvalue weighted by atomic mass is 19.1. The largest absolute Gasteiger partial charge is 0.368 e. The summed E-state index contributed by atoms with van der Waals surface area (Å²) in [6, 6.07) is 14.9. The van der Waals surface area contributed by atoms with E-state index >= 15 is 0 Å². The quantitative estimate of drug-likeness (QED) is 0.710. The van der Waals surface area contributed by atoms with Crippen molar-refractivity contribution in [3.63, 3.8) is 0 Å². The molecule has 4 rings (SSSR count). The first kappa shape index (κ1) is 17.7. The molecule has 5 nitrogen and oxygen atoms in total. The third-order valence-corrected chi connectivity index (χ3v) is 4.86. The molecule has 0 amide bonds. The maximum Gasteiger partial charge on any atom is 0.145 e. The second kappa shape index (κ2) is 7.48. The van der Waals surface area contributed by atoms with Gasteiger partial charge in [-0.15, -0.1) is 0 Å². The fourth-order valence-electron chi connectivity index (χ4n) is 3.53. The van der Waals surface area contributed by atoms with Gasteiger partial charge in [0.05, 0.1) is 12.1 Å². The van der Waals surface area contributed by atoms with E-state index in [9.17, 15) is 4.39 Å². The summed E-state index contributed by atoms with van der Waals surface area (Å²) in [5, 5.41) is 1.09. The van der Waals surface area contributed by atoms with Gasteiger partial charge >= 0.3 is 0 Å². The van der Waals surface area contributed by atoms with Crippen molar-refractivity contribution in [3.05, 3.63) is 60.2 Å². The first-order chi connectivity index (χ1) is 13.1. The van der Waals surface area contributed by atoms with Gasteiger partial charge < -0.3 is 14.7 Å². The molecule has 140 valence electrons. The van der Waals surface area contributed by atoms with Crippen molar-refractivity contribution in [2.24, 2.45) is 0 Å². The third kappa shape index (κ3) is 3.85. The van der Waals surface area contributed by atoms with Crippen LogP contribution in [-0.4, -0.2) is 55.1 Å². The maximum absolute atomic E-state index is 13.2. The molecule has 1 saturated heterocycles. The molecule has 0 bridgehead atoms. The van der Waals surface area contributed by atoms with Crippen LogP contribution in [0.2, 0.25) is 0 Å². The van der Waals surface area contributed by atoms with E-state index in [-0.39, 0.29) is 5.82 Å². The number of benzene rings is 2. The normalized spacial score (nSPS) is 15.0. The number of anilines is 2. The van der Waals surface area contributed by atoms with Crippen LogP contribution in [0, 0.1) is 5.82 Å². The molecule has 1 fully saturated rings. The molecule has 2 heterocycles. The number of fused-ring (bicyclic) bond motifs is 1. The minimum absolute atomic E-state index is 0.196. The molecule has 0 atom stereocenters. The lowest BCUT2D eigenvalue weighted by molar-refractivity contribution is 0.391. The minimum atomic E-state index is -0.196. The van der Waals surface area contributed by atoms with Gasteiger partial charge in [0.2, 0.25) is 0 Å². The zero-order valence-corrected chi connectivity index (χ0v) is 15.8. The predicted octanol–water partition coefficient (Wildman–Crippen LogP) is 3.16. The monoisotopic (exact) mass is 365 g/mol. The summed E-state index contributed by atoms with van der Waals surface area (Å²) in [5.41, 5.74) is 2.05. The van der Waals surface area contributed by atoms with Crippen LogP contribution in [0.3, 0.4) is 0 Å². The average molecular weight is 365 g/mol. The van der Waals surface area contributed by atoms with Gasteiger partial charge in [-0.25, -0.2) is 14.4 Å². The molecular weight excluding hydrogens is 341 g/mol. The van der Waals surface area contributed by atoms with E-state index in [1.54, 1.807) is 0 Å². The number of hydrogen-bond donors (Lipinski definition) is 0. The average Bonchev–Trinajstić information content (AvgIpc) is 2.68. The van der Waals surface area contributed by atoms with Gasteiger partial charge in [0.25, 0.3) is 0 Å². The lowest BCUT2D eigenvalue weighted by atomic mass is 10.2. The number of piperazine rings is 1. The Morgan fingerprint density at radius 1 is 0.889 bits per heavy atom. The van der Waals surface area contributed by atoms with Gasteiger partial charge in [0.1, 0.15) is 17.5 Å². The standard InChI is InChI=1S/C21H24FN5/c1-25(2)15-20-23-19-6-4-3-5-18(19)21(24-20)27-13-11-26(12-14-27)17-9-7-16(22)8-10-17/h3-10H,11-15H2,1-2H3. The Bertz CT molecular complexity index is 918. The summed E-state index contributed by atoms with van der Waals surface area (Å²) >= 11 is 0. The number of halogens is 1. The summed E-state index contributed by atoms with van der Waals surface area (Å²) in [5.74, 6) is 1.66. The Morgan fingerprint density at radius 2 is 1.56 bits per heavy atom. The molecule has 0 N–H and O–H groups in total. The summed E-state index contributed by atoms with van der Waals surface area (Å²) in [4.78, 5) is 16.3. The summed E-state index contributed by atoms with van der Waals surface area (Å²) < 4.78 is 13.2. The first-order valence-corrected chi connectivity index (χ1v) is 9.26. The molecule has 6 heteroatoms. The highest BCUT2D eigenvalue weighted by Gasteiger charge is 2.21. The SMILES string of the molecule is CN(C)Cc1nc(N2CCN(c3ccc(F)cc3)CC2)c2ccccc2n1. The van der Waals surface area contributed by atoms with Gasteiger partial charge in [0.15, 0.2) is 0 Å². The zero-order valence-electron chi connectivity index (χ0n) is 15.8. The van der Waals surface area contributed by atoms with E-state index in [2.05, 4.69) is 26.8 Å². The van der Waals surface area contributed by atoms with E-state index in [1.165, 1.54) is 12.1 Å². The van der Waals surface area contributed by atoms with E-state index in [0.717, 1.165) is 54.4 Å². The van der Waals surface area contributed by atoms with Gasteiger partial charge in [0, 0.05) is 37.3 Å². The Kier molecular flexibility index (Phi) is 4.90. The van der Waals surface area contributed by atoms with Crippen LogP contribution < -0.4 is 9.80 Å². The van der Waals surface area contributed by atoms with Crippen LogP contribution in [-0.2, 0) is 6.54 Å². The molecule has 1 aromatic heterocycles. The zero-order chi connectivity index (χ0) is 18.8. The number of rotatable bonds is 4. The first-order valence-electron chi connectivity index (χ1n) is 9.26. The predicted molar refractivity (Wildman–Crippen MR) is 108 cm³/mol. The molecule has 1 aliphatic heterocycles. The Balaban J connectivity index is 1.58. The molecular formula is C21H24FN5. The van der Waals surface area contributed by atoms with Gasteiger partial charge in [-0.1, -0.05) is 12.1 Å². The van der Waals surface area contributed by atoms with Gasteiger partial charge in [-0.05, 0) is 50.5 Å². The molecule has 0 radical (unpaired) electrons. The summed E-state index contributed by atoms with van der Waals surface area (Å²) in [6.45, 7) is 4.23. The molecule has 2 aromatic carbocycles. The smallest absolute Gasteiger partial charge is 0.145 e. The lowest BCUT2D eigenvalue weighted by Crippen LogP contribution is -2.47. The Labute approximate surface area is 159 Å². The molecule has 0 saturated carbocycles. The fourth-order valence-corrected chi connectivity index (χ4v) is 3.53. The number of para-hydroxylation sites is 1. The molecule has 0 spiro atoms. The Hall–Kier alpha value is -2.73. The highest BCUT2D eigenvalue weighted by Crippen LogP contribution is 2.26. The van der Waals surface area contributed by atoms with Crippen molar-refractivity contribution in [1.82, 2.24) is 14.9 Å². The number of nitrogens with zero attached hydrogens (tertiary/aromatic N) is 5. The van der Waals surface area contributed by atoms with E-state index in [4.69, 9.17) is 9.97 Å². The third-order valence-electron chi connectivity index (χ3n) is 4.86. The second-order valence-corrected chi connectivity index (χ2v) is 7.17. The summed E-state index contributed by atoms with van der Waals surface area (Å²) in [7, 11) is 4.05. The van der Waals surface area contributed by atoms with Crippen molar-refractivity contribution in [2.75, 3.05) is 50.1 Å². The maximum atomic E-state index is 13.2. The molecule has 3 aromatic rings. The van der Waals surface area contributed by atoms with Crippen molar-refractivity contribution in [2.45, 2.75) is 6.54 Å². The topological polar surface area (TPSA) is 35.5 Å².